The molecule has 1 fully saturated rings. The number of benzene rings is 1. The molecule has 0 radical (unpaired) electrons. The second-order valence-electron chi connectivity index (χ2n) is 5.26. The van der Waals surface area contributed by atoms with E-state index in [1.807, 2.05) is 24.3 Å². The summed E-state index contributed by atoms with van der Waals surface area (Å²) < 4.78 is 0. The van der Waals surface area contributed by atoms with Crippen molar-refractivity contribution in [3.8, 4) is 0 Å². The van der Waals surface area contributed by atoms with Gasteiger partial charge in [0.15, 0.2) is 0 Å². The van der Waals surface area contributed by atoms with Crippen molar-refractivity contribution in [3.63, 3.8) is 0 Å². The van der Waals surface area contributed by atoms with Crippen LogP contribution in [0.1, 0.15) is 32.3 Å². The van der Waals surface area contributed by atoms with Gasteiger partial charge in [-0.25, -0.2) is 0 Å². The molecule has 19 heavy (non-hydrogen) atoms. The predicted molar refractivity (Wildman–Crippen MR) is 78.5 cm³/mol. The highest BCUT2D eigenvalue weighted by atomic mass is 35.5. The molecule has 1 amide bonds. The highest BCUT2D eigenvalue weighted by Gasteiger charge is 2.51. The van der Waals surface area contributed by atoms with Crippen LogP contribution in [0.25, 0.3) is 0 Å². The van der Waals surface area contributed by atoms with Crippen molar-refractivity contribution in [3.05, 3.63) is 34.9 Å². The molecule has 0 aliphatic heterocycles. The molecule has 4 heteroatoms. The van der Waals surface area contributed by atoms with E-state index in [0.717, 1.165) is 24.9 Å². The minimum atomic E-state index is -0.336. The Morgan fingerprint density at radius 2 is 2.21 bits per heavy atom. The topological polar surface area (TPSA) is 41.1 Å². The average Bonchev–Trinajstić information content (AvgIpc) is 3.18. The number of amides is 1. The molecule has 1 aromatic rings. The largest absolute Gasteiger partial charge is 0.354 e. The van der Waals surface area contributed by atoms with E-state index in [-0.39, 0.29) is 11.3 Å². The quantitative estimate of drug-likeness (QED) is 0.841. The normalized spacial score (nSPS) is 17.8. The maximum atomic E-state index is 12.4. The van der Waals surface area contributed by atoms with Crippen molar-refractivity contribution >= 4 is 17.5 Å². The number of hydrogen-bond acceptors (Lipinski definition) is 2. The van der Waals surface area contributed by atoms with Crippen LogP contribution in [0.2, 0.25) is 5.02 Å². The first-order valence-electron chi connectivity index (χ1n) is 6.86. The van der Waals surface area contributed by atoms with Gasteiger partial charge in [0.25, 0.3) is 0 Å². The van der Waals surface area contributed by atoms with E-state index in [2.05, 4.69) is 24.5 Å². The second kappa shape index (κ2) is 5.93. The number of rotatable bonds is 6. The van der Waals surface area contributed by atoms with Crippen LogP contribution in [0.3, 0.4) is 0 Å². The number of carbonyl (C=O) groups is 1. The maximum absolute atomic E-state index is 12.4. The van der Waals surface area contributed by atoms with E-state index in [1.165, 1.54) is 0 Å². The predicted octanol–water partition coefficient (Wildman–Crippen LogP) is 2.49. The summed E-state index contributed by atoms with van der Waals surface area (Å²) in [5.41, 5.74) is 0.699. The van der Waals surface area contributed by atoms with Gasteiger partial charge >= 0.3 is 0 Å². The van der Waals surface area contributed by atoms with Crippen LogP contribution in [-0.4, -0.2) is 25.0 Å². The van der Waals surface area contributed by atoms with E-state index in [9.17, 15) is 4.79 Å². The summed E-state index contributed by atoms with van der Waals surface area (Å²) in [5, 5.41) is 7.02. The Bertz CT molecular complexity index is 457. The summed E-state index contributed by atoms with van der Waals surface area (Å²) in [6.07, 6.45) is 1.82. The molecule has 1 aromatic carbocycles. The molecule has 2 N–H and O–H groups in total. The Balaban J connectivity index is 1.99. The first-order chi connectivity index (χ1) is 9.08. The molecule has 104 valence electrons. The molecule has 1 aliphatic carbocycles. The standard InChI is InChI=1S/C15H21ClN2O/c1-3-17-11(2)10-18-14(19)15(7-8-15)12-5-4-6-13(16)9-12/h4-6,9,11,17H,3,7-8,10H2,1-2H3,(H,18,19)/t11-/m1/s1. The fourth-order valence-electron chi connectivity index (χ4n) is 2.39. The van der Waals surface area contributed by atoms with Crippen molar-refractivity contribution in [2.75, 3.05) is 13.1 Å². The van der Waals surface area contributed by atoms with Gasteiger partial charge in [-0.15, -0.1) is 0 Å². The molecule has 0 saturated heterocycles. The molecule has 0 spiro atoms. The Kier molecular flexibility index (Phi) is 4.48. The van der Waals surface area contributed by atoms with Crippen molar-refractivity contribution in [2.24, 2.45) is 0 Å². The molecule has 1 aliphatic rings. The number of hydrogen-bond donors (Lipinski definition) is 2. The zero-order chi connectivity index (χ0) is 13.9. The molecule has 0 aromatic heterocycles. The number of halogens is 1. The fraction of sp³-hybridized carbons (Fsp3) is 0.533. The average molecular weight is 281 g/mol. The summed E-state index contributed by atoms with van der Waals surface area (Å²) in [6, 6.07) is 7.94. The van der Waals surface area contributed by atoms with E-state index >= 15 is 0 Å². The summed E-state index contributed by atoms with van der Waals surface area (Å²) in [6.45, 7) is 5.71. The molecule has 3 nitrogen and oxygen atoms in total. The lowest BCUT2D eigenvalue weighted by Gasteiger charge is -2.19. The van der Waals surface area contributed by atoms with Crippen molar-refractivity contribution in [1.82, 2.24) is 10.6 Å². The fourth-order valence-corrected chi connectivity index (χ4v) is 2.58. The van der Waals surface area contributed by atoms with Crippen LogP contribution >= 0.6 is 11.6 Å². The third-order valence-corrected chi connectivity index (χ3v) is 3.92. The Morgan fingerprint density at radius 3 is 2.79 bits per heavy atom. The molecule has 0 unspecified atom stereocenters. The van der Waals surface area contributed by atoms with Crippen molar-refractivity contribution in [1.29, 1.82) is 0 Å². The minimum Gasteiger partial charge on any atom is -0.354 e. The number of nitrogens with one attached hydrogen (secondary N) is 2. The molecular weight excluding hydrogens is 260 g/mol. The van der Waals surface area contributed by atoms with E-state index in [1.54, 1.807) is 0 Å². The zero-order valence-electron chi connectivity index (χ0n) is 11.5. The van der Waals surface area contributed by atoms with Gasteiger partial charge in [-0.2, -0.15) is 0 Å². The summed E-state index contributed by atoms with van der Waals surface area (Å²) in [5.74, 6) is 0.125. The molecule has 0 bridgehead atoms. The molecule has 1 atom stereocenters. The minimum absolute atomic E-state index is 0.125. The molecule has 2 rings (SSSR count). The highest BCUT2D eigenvalue weighted by Crippen LogP contribution is 2.48. The lowest BCUT2D eigenvalue weighted by molar-refractivity contribution is -0.123. The van der Waals surface area contributed by atoms with Crippen LogP contribution in [0, 0.1) is 0 Å². The zero-order valence-corrected chi connectivity index (χ0v) is 12.3. The Hall–Kier alpha value is -1.06. The van der Waals surface area contributed by atoms with Crippen LogP contribution in [-0.2, 0) is 10.2 Å². The third-order valence-electron chi connectivity index (χ3n) is 3.68. The monoisotopic (exact) mass is 280 g/mol. The highest BCUT2D eigenvalue weighted by molar-refractivity contribution is 6.30. The molecule has 1 saturated carbocycles. The van der Waals surface area contributed by atoms with Crippen LogP contribution in [0.15, 0.2) is 24.3 Å². The van der Waals surface area contributed by atoms with Gasteiger partial charge in [0.2, 0.25) is 5.91 Å². The lowest BCUT2D eigenvalue weighted by atomic mass is 9.95. The van der Waals surface area contributed by atoms with E-state index in [0.29, 0.717) is 17.6 Å². The van der Waals surface area contributed by atoms with Gasteiger partial charge in [-0.1, -0.05) is 30.7 Å². The number of likely N-dealkylation sites (N-methyl/N-ethyl adjacent to an activating group) is 1. The van der Waals surface area contributed by atoms with Gasteiger partial charge in [0, 0.05) is 17.6 Å². The Labute approximate surface area is 119 Å². The number of carbonyl (C=O) groups excluding carboxylic acids is 1. The SMILES string of the molecule is CCN[C@H](C)CNC(=O)C1(c2cccc(Cl)c2)CC1. The maximum Gasteiger partial charge on any atom is 0.230 e. The van der Waals surface area contributed by atoms with Crippen LogP contribution in [0.5, 0.6) is 0 Å². The summed E-state index contributed by atoms with van der Waals surface area (Å²) >= 11 is 6.01. The first kappa shape index (κ1) is 14.4. The van der Waals surface area contributed by atoms with Gasteiger partial charge < -0.3 is 10.6 Å². The summed E-state index contributed by atoms with van der Waals surface area (Å²) in [4.78, 5) is 12.4. The van der Waals surface area contributed by atoms with Crippen LogP contribution < -0.4 is 10.6 Å². The molecular formula is C15H21ClN2O. The lowest BCUT2D eigenvalue weighted by Crippen LogP contribution is -2.42. The van der Waals surface area contributed by atoms with Crippen molar-refractivity contribution < 1.29 is 4.79 Å². The van der Waals surface area contributed by atoms with E-state index in [4.69, 9.17) is 11.6 Å². The smallest absolute Gasteiger partial charge is 0.230 e. The first-order valence-corrected chi connectivity index (χ1v) is 7.24. The van der Waals surface area contributed by atoms with Crippen molar-refractivity contribution in [2.45, 2.75) is 38.1 Å². The van der Waals surface area contributed by atoms with Gasteiger partial charge in [0.05, 0.1) is 5.41 Å². The van der Waals surface area contributed by atoms with Gasteiger partial charge in [-0.3, -0.25) is 4.79 Å². The van der Waals surface area contributed by atoms with Crippen LogP contribution in [0.4, 0.5) is 0 Å². The third kappa shape index (κ3) is 3.28. The Morgan fingerprint density at radius 1 is 1.47 bits per heavy atom. The van der Waals surface area contributed by atoms with Gasteiger partial charge in [-0.05, 0) is 44.0 Å². The second-order valence-corrected chi connectivity index (χ2v) is 5.70. The van der Waals surface area contributed by atoms with E-state index < -0.39 is 0 Å². The summed E-state index contributed by atoms with van der Waals surface area (Å²) in [7, 11) is 0. The van der Waals surface area contributed by atoms with Gasteiger partial charge in [0.1, 0.15) is 0 Å². The molecule has 0 heterocycles.